The van der Waals surface area contributed by atoms with Gasteiger partial charge in [-0.2, -0.15) is 4.31 Å². The lowest BCUT2D eigenvalue weighted by molar-refractivity contribution is -0.384. The number of hydrogen-bond acceptors (Lipinski definition) is 6. The molecule has 1 aliphatic rings. The van der Waals surface area contributed by atoms with E-state index >= 15 is 0 Å². The van der Waals surface area contributed by atoms with Crippen LogP contribution in [0.5, 0.6) is 0 Å². The van der Waals surface area contributed by atoms with Crippen LogP contribution < -0.4 is 0 Å². The van der Waals surface area contributed by atoms with E-state index in [9.17, 15) is 23.3 Å². The Morgan fingerprint density at radius 3 is 2.62 bits per heavy atom. The number of nitro groups is 1. The summed E-state index contributed by atoms with van der Waals surface area (Å²) in [5, 5.41) is 19.4. The van der Waals surface area contributed by atoms with Gasteiger partial charge in [0.2, 0.25) is 0 Å². The highest BCUT2D eigenvalue weighted by molar-refractivity contribution is 7.91. The maximum absolute atomic E-state index is 12.5. The van der Waals surface area contributed by atoms with Crippen LogP contribution in [-0.4, -0.2) is 41.3 Å². The number of aliphatic carboxylic acids is 1. The molecule has 1 aromatic heterocycles. The fourth-order valence-electron chi connectivity index (χ4n) is 1.77. The van der Waals surface area contributed by atoms with Gasteiger partial charge in [-0.3, -0.25) is 14.9 Å². The molecule has 0 bridgehead atoms. The molecule has 8 nitrogen and oxygen atoms in total. The van der Waals surface area contributed by atoms with E-state index in [-0.39, 0.29) is 27.6 Å². The molecule has 1 heterocycles. The molecule has 1 aromatic rings. The van der Waals surface area contributed by atoms with Gasteiger partial charge in [-0.15, -0.1) is 11.3 Å². The highest BCUT2D eigenvalue weighted by Gasteiger charge is 2.40. The maximum Gasteiger partial charge on any atom is 0.304 e. The minimum Gasteiger partial charge on any atom is -0.481 e. The number of carbonyl (C=O) groups is 1. The van der Waals surface area contributed by atoms with Gasteiger partial charge >= 0.3 is 5.97 Å². The standard InChI is InChI=1S/C10H11ClN2O6S2/c11-10-7(13(16)17)5-9(20-10)21(18,19)12(6-1-2-6)4-3-8(14)15/h5-6H,1-4H2,(H,14,15). The molecule has 0 spiro atoms. The smallest absolute Gasteiger partial charge is 0.304 e. The number of sulfonamides is 1. The van der Waals surface area contributed by atoms with Crippen molar-refractivity contribution in [3.05, 3.63) is 20.5 Å². The summed E-state index contributed by atoms with van der Waals surface area (Å²) in [6.45, 7) is -0.161. The molecular formula is C10H11ClN2O6S2. The second-order valence-corrected chi connectivity index (χ2v) is 8.24. The third-order valence-electron chi connectivity index (χ3n) is 2.91. The average molecular weight is 355 g/mol. The summed E-state index contributed by atoms with van der Waals surface area (Å²) in [5.74, 6) is -1.11. The summed E-state index contributed by atoms with van der Waals surface area (Å²) in [7, 11) is -3.97. The number of halogens is 1. The van der Waals surface area contributed by atoms with Crippen LogP contribution in [0.2, 0.25) is 4.34 Å². The molecule has 1 saturated carbocycles. The predicted molar refractivity (Wildman–Crippen MR) is 75.2 cm³/mol. The molecule has 116 valence electrons. The molecule has 1 fully saturated rings. The number of rotatable bonds is 7. The molecule has 1 aliphatic carbocycles. The van der Waals surface area contributed by atoms with Gasteiger partial charge in [-0.05, 0) is 12.8 Å². The maximum atomic E-state index is 12.5. The first kappa shape index (κ1) is 16.1. The minimum atomic E-state index is -3.97. The zero-order valence-corrected chi connectivity index (χ0v) is 12.9. The number of nitrogens with zero attached hydrogens (tertiary/aromatic N) is 2. The Kier molecular flexibility index (Phi) is 4.51. The van der Waals surface area contributed by atoms with E-state index in [1.54, 1.807) is 0 Å². The van der Waals surface area contributed by atoms with E-state index in [1.807, 2.05) is 0 Å². The highest BCUT2D eigenvalue weighted by atomic mass is 35.5. The molecule has 0 unspecified atom stereocenters. The molecule has 0 amide bonds. The van der Waals surface area contributed by atoms with Crippen molar-refractivity contribution in [2.45, 2.75) is 29.5 Å². The van der Waals surface area contributed by atoms with Crippen LogP contribution in [0.15, 0.2) is 10.3 Å². The molecule has 0 atom stereocenters. The molecule has 21 heavy (non-hydrogen) atoms. The van der Waals surface area contributed by atoms with Gasteiger partial charge < -0.3 is 5.11 Å². The highest BCUT2D eigenvalue weighted by Crippen LogP contribution is 2.40. The van der Waals surface area contributed by atoms with Crippen molar-refractivity contribution in [3.63, 3.8) is 0 Å². The lowest BCUT2D eigenvalue weighted by Gasteiger charge is -2.19. The fourth-order valence-corrected chi connectivity index (χ4v) is 5.25. The number of thiophene rings is 1. The van der Waals surface area contributed by atoms with Gasteiger partial charge in [0, 0.05) is 18.7 Å². The van der Waals surface area contributed by atoms with Crippen molar-refractivity contribution in [2.24, 2.45) is 0 Å². The topological polar surface area (TPSA) is 118 Å². The largest absolute Gasteiger partial charge is 0.481 e. The van der Waals surface area contributed by atoms with Crippen molar-refractivity contribution in [1.29, 1.82) is 0 Å². The van der Waals surface area contributed by atoms with Crippen LogP contribution in [0.1, 0.15) is 19.3 Å². The quantitative estimate of drug-likeness (QED) is 0.590. The van der Waals surface area contributed by atoms with E-state index in [0.717, 1.165) is 10.4 Å². The normalized spacial score (nSPS) is 15.3. The van der Waals surface area contributed by atoms with Crippen LogP contribution in [0.4, 0.5) is 5.69 Å². The summed E-state index contributed by atoms with van der Waals surface area (Å²) in [4.78, 5) is 20.6. The van der Waals surface area contributed by atoms with Crippen molar-refractivity contribution < 1.29 is 23.2 Å². The molecule has 0 aromatic carbocycles. The molecule has 1 N–H and O–H groups in total. The lowest BCUT2D eigenvalue weighted by Crippen LogP contribution is -2.34. The summed E-state index contributed by atoms with van der Waals surface area (Å²) in [5.41, 5.74) is -0.464. The number of carboxylic acid groups (broad SMARTS) is 1. The molecule has 11 heteroatoms. The lowest BCUT2D eigenvalue weighted by atomic mass is 10.4. The van der Waals surface area contributed by atoms with Crippen molar-refractivity contribution >= 4 is 44.6 Å². The molecule has 2 rings (SSSR count). The Balaban J connectivity index is 2.32. The first-order chi connectivity index (χ1) is 9.73. The third-order valence-corrected chi connectivity index (χ3v) is 6.64. The summed E-state index contributed by atoms with van der Waals surface area (Å²) in [6, 6.07) is 0.674. The van der Waals surface area contributed by atoms with E-state index < -0.39 is 26.6 Å². The van der Waals surface area contributed by atoms with Crippen LogP contribution in [0.3, 0.4) is 0 Å². The Morgan fingerprint density at radius 2 is 2.19 bits per heavy atom. The van der Waals surface area contributed by atoms with Crippen LogP contribution in [0, 0.1) is 10.1 Å². The van der Waals surface area contributed by atoms with Crippen molar-refractivity contribution in [2.75, 3.05) is 6.54 Å². The van der Waals surface area contributed by atoms with Gasteiger partial charge in [0.25, 0.3) is 15.7 Å². The minimum absolute atomic E-state index is 0.161. The Labute approximate surface area is 129 Å². The third kappa shape index (κ3) is 3.51. The van der Waals surface area contributed by atoms with Crippen LogP contribution in [-0.2, 0) is 14.8 Å². The average Bonchev–Trinajstić information content (AvgIpc) is 3.10. The fraction of sp³-hybridized carbons (Fsp3) is 0.500. The number of carboxylic acids is 1. The van der Waals surface area contributed by atoms with Gasteiger partial charge in [-0.25, -0.2) is 8.42 Å². The van der Waals surface area contributed by atoms with Crippen molar-refractivity contribution in [3.8, 4) is 0 Å². The second-order valence-electron chi connectivity index (χ2n) is 4.47. The number of hydrogen-bond donors (Lipinski definition) is 1. The second kappa shape index (κ2) is 5.87. The van der Waals surface area contributed by atoms with E-state index in [4.69, 9.17) is 16.7 Å². The van der Waals surface area contributed by atoms with Crippen LogP contribution in [0.25, 0.3) is 0 Å². The van der Waals surface area contributed by atoms with Crippen molar-refractivity contribution in [1.82, 2.24) is 4.31 Å². The van der Waals surface area contributed by atoms with E-state index in [0.29, 0.717) is 24.2 Å². The molecular weight excluding hydrogens is 344 g/mol. The van der Waals surface area contributed by atoms with Gasteiger partial charge in [0.15, 0.2) is 4.34 Å². The monoisotopic (exact) mass is 354 g/mol. The Hall–Kier alpha value is -1.23. The zero-order chi connectivity index (χ0) is 15.8. The van der Waals surface area contributed by atoms with Gasteiger partial charge in [0.05, 0.1) is 11.3 Å². The molecule has 0 radical (unpaired) electrons. The predicted octanol–water partition coefficient (Wildman–Crippen LogP) is 1.94. The first-order valence-electron chi connectivity index (χ1n) is 5.91. The molecule has 0 aliphatic heterocycles. The van der Waals surface area contributed by atoms with Gasteiger partial charge in [-0.1, -0.05) is 11.6 Å². The SMILES string of the molecule is O=C(O)CCN(C1CC1)S(=O)(=O)c1cc([N+](=O)[O-])c(Cl)s1. The summed E-state index contributed by atoms with van der Waals surface area (Å²) >= 11 is 6.28. The Bertz CT molecular complexity index is 682. The summed E-state index contributed by atoms with van der Waals surface area (Å²) < 4.78 is 25.6. The summed E-state index contributed by atoms with van der Waals surface area (Å²) in [6.07, 6.45) is 0.983. The first-order valence-corrected chi connectivity index (χ1v) is 8.54. The van der Waals surface area contributed by atoms with Gasteiger partial charge in [0.1, 0.15) is 4.21 Å². The van der Waals surface area contributed by atoms with E-state index in [2.05, 4.69) is 0 Å². The zero-order valence-electron chi connectivity index (χ0n) is 10.6. The van der Waals surface area contributed by atoms with E-state index in [1.165, 1.54) is 0 Å². The molecule has 0 saturated heterocycles. The Morgan fingerprint density at radius 1 is 1.57 bits per heavy atom. The van der Waals surface area contributed by atoms with Crippen LogP contribution >= 0.6 is 22.9 Å².